The highest BCUT2D eigenvalue weighted by molar-refractivity contribution is 7.89. The van der Waals surface area contributed by atoms with Crippen LogP contribution in [-0.4, -0.2) is 43.2 Å². The van der Waals surface area contributed by atoms with Crippen LogP contribution in [0.25, 0.3) is 0 Å². The Bertz CT molecular complexity index is 973. The van der Waals surface area contributed by atoms with E-state index in [1.807, 2.05) is 23.1 Å². The van der Waals surface area contributed by atoms with Crippen molar-refractivity contribution in [1.29, 1.82) is 0 Å². The summed E-state index contributed by atoms with van der Waals surface area (Å²) in [5.41, 5.74) is 1.15. The minimum absolute atomic E-state index is 0.101. The molecule has 2 aromatic carbocycles. The molecule has 1 amide bonds. The molecule has 0 N–H and O–H groups in total. The molecule has 2 aliphatic heterocycles. The maximum atomic E-state index is 14.0. The minimum Gasteiger partial charge on any atom is -0.335 e. The topological polar surface area (TPSA) is 57.7 Å². The Labute approximate surface area is 171 Å². The number of amides is 1. The first-order chi connectivity index (χ1) is 14.0. The normalized spacial score (nSPS) is 21.4. The second kappa shape index (κ2) is 8.24. The van der Waals surface area contributed by atoms with E-state index in [0.717, 1.165) is 31.0 Å². The van der Waals surface area contributed by atoms with Crippen LogP contribution in [0.5, 0.6) is 0 Å². The van der Waals surface area contributed by atoms with Gasteiger partial charge in [-0.2, -0.15) is 4.31 Å². The summed E-state index contributed by atoms with van der Waals surface area (Å²) >= 11 is 0. The zero-order valence-corrected chi connectivity index (χ0v) is 17.0. The van der Waals surface area contributed by atoms with Gasteiger partial charge in [0.2, 0.25) is 15.9 Å². The molecule has 2 aromatic rings. The second-order valence-corrected chi connectivity index (χ2v) is 9.62. The minimum atomic E-state index is -3.88. The molecule has 0 bridgehead atoms. The number of hydrogen-bond donors (Lipinski definition) is 0. The zero-order chi connectivity index (χ0) is 20.4. The van der Waals surface area contributed by atoms with Crippen LogP contribution in [0.4, 0.5) is 4.39 Å². The monoisotopic (exact) mass is 416 g/mol. The van der Waals surface area contributed by atoms with Crippen LogP contribution in [-0.2, 0) is 14.8 Å². The molecule has 2 saturated heterocycles. The van der Waals surface area contributed by atoms with E-state index in [4.69, 9.17) is 0 Å². The number of piperidine rings is 1. The molecular weight excluding hydrogens is 391 g/mol. The van der Waals surface area contributed by atoms with Crippen molar-refractivity contribution in [2.24, 2.45) is 5.92 Å². The molecule has 0 spiro atoms. The average Bonchev–Trinajstić information content (AvgIpc) is 3.24. The van der Waals surface area contributed by atoms with Crippen LogP contribution in [0.15, 0.2) is 59.5 Å². The number of halogens is 1. The molecular formula is C22H25FN2O3S. The fourth-order valence-electron chi connectivity index (χ4n) is 4.42. The number of carbonyl (C=O) groups excluding carboxylic acids is 1. The van der Waals surface area contributed by atoms with Crippen molar-refractivity contribution < 1.29 is 17.6 Å². The maximum Gasteiger partial charge on any atom is 0.245 e. The summed E-state index contributed by atoms with van der Waals surface area (Å²) in [4.78, 5) is 14.8. The first-order valence-electron chi connectivity index (χ1n) is 10.1. The van der Waals surface area contributed by atoms with Crippen LogP contribution >= 0.6 is 0 Å². The van der Waals surface area contributed by atoms with Crippen molar-refractivity contribution in [2.45, 2.75) is 36.6 Å². The van der Waals surface area contributed by atoms with Gasteiger partial charge in [0.15, 0.2) is 0 Å². The summed E-state index contributed by atoms with van der Waals surface area (Å²) in [5.74, 6) is -0.820. The Kier molecular flexibility index (Phi) is 5.69. The van der Waals surface area contributed by atoms with Gasteiger partial charge in [-0.15, -0.1) is 0 Å². The SMILES string of the molecule is O=C(C1CCN(S(=O)(=O)c2ccccc2F)CC1)N1CCCC1c1ccccc1. The highest BCUT2D eigenvalue weighted by Gasteiger charge is 2.38. The van der Waals surface area contributed by atoms with E-state index < -0.39 is 15.8 Å². The molecule has 1 atom stereocenters. The first kappa shape index (κ1) is 20.0. The third-order valence-corrected chi connectivity index (χ3v) is 7.91. The number of benzene rings is 2. The maximum absolute atomic E-state index is 14.0. The van der Waals surface area contributed by atoms with Gasteiger partial charge in [-0.05, 0) is 43.4 Å². The fourth-order valence-corrected chi connectivity index (χ4v) is 5.96. The van der Waals surface area contributed by atoms with Crippen molar-refractivity contribution in [3.8, 4) is 0 Å². The summed E-state index contributed by atoms with van der Waals surface area (Å²) in [6, 6.07) is 15.6. The highest BCUT2D eigenvalue weighted by atomic mass is 32.2. The van der Waals surface area contributed by atoms with E-state index in [-0.39, 0.29) is 35.9 Å². The molecule has 1 unspecified atom stereocenters. The number of likely N-dealkylation sites (tertiary alicyclic amines) is 1. The van der Waals surface area contributed by atoms with Crippen LogP contribution < -0.4 is 0 Å². The standard InChI is InChI=1S/C22H25FN2O3S/c23-19-9-4-5-11-21(19)29(27,28)24-15-12-18(13-16-24)22(26)25-14-6-10-20(25)17-7-2-1-3-8-17/h1-5,7-9,11,18,20H,6,10,12-16H2. The molecule has 0 saturated carbocycles. The summed E-state index contributed by atoms with van der Waals surface area (Å²) in [5, 5.41) is 0. The molecule has 0 aromatic heterocycles. The lowest BCUT2D eigenvalue weighted by Gasteiger charge is -2.34. The van der Waals surface area contributed by atoms with E-state index in [1.165, 1.54) is 22.5 Å². The molecule has 29 heavy (non-hydrogen) atoms. The van der Waals surface area contributed by atoms with Gasteiger partial charge in [0.25, 0.3) is 0 Å². The molecule has 7 heteroatoms. The van der Waals surface area contributed by atoms with Crippen molar-refractivity contribution in [1.82, 2.24) is 9.21 Å². The lowest BCUT2D eigenvalue weighted by molar-refractivity contribution is -0.137. The predicted octanol–water partition coefficient (Wildman–Crippen LogP) is 3.59. The van der Waals surface area contributed by atoms with Crippen LogP contribution in [0, 0.1) is 11.7 Å². The Morgan fingerprint density at radius 1 is 0.897 bits per heavy atom. The van der Waals surface area contributed by atoms with E-state index >= 15 is 0 Å². The smallest absolute Gasteiger partial charge is 0.245 e. The molecule has 5 nitrogen and oxygen atoms in total. The van der Waals surface area contributed by atoms with Crippen LogP contribution in [0.1, 0.15) is 37.3 Å². The average molecular weight is 417 g/mol. The van der Waals surface area contributed by atoms with Gasteiger partial charge < -0.3 is 4.90 Å². The molecule has 154 valence electrons. The molecule has 0 aliphatic carbocycles. The summed E-state index contributed by atoms with van der Waals surface area (Å²) in [6.45, 7) is 1.21. The van der Waals surface area contributed by atoms with Crippen molar-refractivity contribution in [3.05, 3.63) is 66.0 Å². The highest BCUT2D eigenvalue weighted by Crippen LogP contribution is 2.35. The lowest BCUT2D eigenvalue weighted by atomic mass is 9.95. The second-order valence-electron chi connectivity index (χ2n) is 7.71. The first-order valence-corrected chi connectivity index (χ1v) is 11.5. The van der Waals surface area contributed by atoms with Crippen molar-refractivity contribution >= 4 is 15.9 Å². The summed E-state index contributed by atoms with van der Waals surface area (Å²) in [7, 11) is -3.88. The molecule has 2 fully saturated rings. The van der Waals surface area contributed by atoms with E-state index in [2.05, 4.69) is 12.1 Å². The van der Waals surface area contributed by atoms with E-state index in [1.54, 1.807) is 0 Å². The lowest BCUT2D eigenvalue weighted by Crippen LogP contribution is -2.44. The molecule has 2 heterocycles. The third kappa shape index (κ3) is 3.94. The Morgan fingerprint density at radius 3 is 2.24 bits per heavy atom. The zero-order valence-electron chi connectivity index (χ0n) is 16.2. The van der Waals surface area contributed by atoms with Gasteiger partial charge in [0.1, 0.15) is 10.7 Å². The van der Waals surface area contributed by atoms with Crippen LogP contribution in [0.2, 0.25) is 0 Å². The number of carbonyl (C=O) groups is 1. The Hall–Kier alpha value is -2.25. The fraction of sp³-hybridized carbons (Fsp3) is 0.409. The number of sulfonamides is 1. The van der Waals surface area contributed by atoms with Gasteiger partial charge in [-0.25, -0.2) is 12.8 Å². The largest absolute Gasteiger partial charge is 0.335 e. The molecule has 4 rings (SSSR count). The van der Waals surface area contributed by atoms with Gasteiger partial charge in [0.05, 0.1) is 6.04 Å². The van der Waals surface area contributed by atoms with Gasteiger partial charge in [0, 0.05) is 25.6 Å². The van der Waals surface area contributed by atoms with Crippen molar-refractivity contribution in [3.63, 3.8) is 0 Å². The van der Waals surface area contributed by atoms with Crippen molar-refractivity contribution in [2.75, 3.05) is 19.6 Å². The Balaban J connectivity index is 1.43. The van der Waals surface area contributed by atoms with Gasteiger partial charge in [-0.3, -0.25) is 4.79 Å². The van der Waals surface area contributed by atoms with E-state index in [0.29, 0.717) is 12.8 Å². The number of rotatable bonds is 4. The summed E-state index contributed by atoms with van der Waals surface area (Å²) < 4.78 is 40.8. The molecule has 2 aliphatic rings. The Morgan fingerprint density at radius 2 is 1.55 bits per heavy atom. The quantitative estimate of drug-likeness (QED) is 0.765. The van der Waals surface area contributed by atoms with E-state index in [9.17, 15) is 17.6 Å². The predicted molar refractivity (Wildman–Crippen MR) is 108 cm³/mol. The third-order valence-electron chi connectivity index (χ3n) is 5.98. The number of hydrogen-bond acceptors (Lipinski definition) is 3. The molecule has 0 radical (unpaired) electrons. The summed E-state index contributed by atoms with van der Waals surface area (Å²) in [6.07, 6.45) is 2.86. The van der Waals surface area contributed by atoms with Crippen LogP contribution in [0.3, 0.4) is 0 Å². The van der Waals surface area contributed by atoms with Gasteiger partial charge in [-0.1, -0.05) is 42.5 Å². The number of nitrogens with zero attached hydrogens (tertiary/aromatic N) is 2. The van der Waals surface area contributed by atoms with Gasteiger partial charge >= 0.3 is 0 Å².